The number of benzene rings is 1. The van der Waals surface area contributed by atoms with Crippen LogP contribution < -0.4 is 0 Å². The third kappa shape index (κ3) is 3.61. The van der Waals surface area contributed by atoms with Gasteiger partial charge in [0.15, 0.2) is 11.6 Å². The van der Waals surface area contributed by atoms with E-state index in [4.69, 9.17) is 0 Å². The summed E-state index contributed by atoms with van der Waals surface area (Å²) in [6.07, 6.45) is 3.16. The number of carbonyl (C=O) groups is 2. The van der Waals surface area contributed by atoms with E-state index in [9.17, 15) is 18.0 Å². The Morgan fingerprint density at radius 2 is 1.56 bits per heavy atom. The van der Waals surface area contributed by atoms with E-state index in [1.54, 1.807) is 0 Å². The molecular weight excluding hydrogens is 336 g/mol. The number of Topliss-reactive ketones (excluding diaryl/α,β-unsaturated/α-hetero) is 1. The molecule has 3 rings (SSSR count). The van der Waals surface area contributed by atoms with Gasteiger partial charge in [-0.25, -0.2) is 8.42 Å². The summed E-state index contributed by atoms with van der Waals surface area (Å²) in [7, 11) is -2.91. The van der Waals surface area contributed by atoms with Crippen LogP contribution in [0, 0.1) is 26.7 Å². The van der Waals surface area contributed by atoms with Gasteiger partial charge in [-0.1, -0.05) is 17.7 Å². The summed E-state index contributed by atoms with van der Waals surface area (Å²) >= 11 is 0. The van der Waals surface area contributed by atoms with Gasteiger partial charge in [0, 0.05) is 5.57 Å². The van der Waals surface area contributed by atoms with Crippen LogP contribution in [0.3, 0.4) is 0 Å². The summed E-state index contributed by atoms with van der Waals surface area (Å²) < 4.78 is 23.1. The van der Waals surface area contributed by atoms with Gasteiger partial charge in [-0.2, -0.15) is 0 Å². The molecule has 4 nitrogen and oxygen atoms in total. The molecule has 134 valence electrons. The highest BCUT2D eigenvalue weighted by molar-refractivity contribution is 7.91. The molecule has 1 aliphatic carbocycles. The Hall–Kier alpha value is -1.75. The number of aryl methyl sites for hydroxylation is 3. The van der Waals surface area contributed by atoms with E-state index in [0.717, 1.165) is 22.3 Å². The molecule has 0 saturated carbocycles. The van der Waals surface area contributed by atoms with Crippen molar-refractivity contribution in [1.82, 2.24) is 0 Å². The van der Waals surface area contributed by atoms with Crippen LogP contribution >= 0.6 is 0 Å². The Morgan fingerprint density at radius 3 is 2.12 bits per heavy atom. The maximum Gasteiger partial charge on any atom is 0.174 e. The summed E-state index contributed by atoms with van der Waals surface area (Å²) in [5.74, 6) is -0.417. The van der Waals surface area contributed by atoms with Crippen molar-refractivity contribution in [2.75, 3.05) is 11.5 Å². The van der Waals surface area contributed by atoms with Crippen molar-refractivity contribution in [3.63, 3.8) is 0 Å². The maximum atomic E-state index is 12.9. The molecule has 1 heterocycles. The molecule has 1 atom stereocenters. The van der Waals surface area contributed by atoms with Crippen molar-refractivity contribution in [3.8, 4) is 0 Å². The van der Waals surface area contributed by atoms with Crippen molar-refractivity contribution in [3.05, 3.63) is 46.0 Å². The molecule has 0 radical (unpaired) electrons. The second kappa shape index (κ2) is 6.52. The van der Waals surface area contributed by atoms with Crippen LogP contribution in [0.25, 0.3) is 0 Å². The molecule has 1 aromatic carbocycles. The van der Waals surface area contributed by atoms with Gasteiger partial charge in [0.25, 0.3) is 0 Å². The fraction of sp³-hybridized carbons (Fsp3) is 0.500. The summed E-state index contributed by atoms with van der Waals surface area (Å²) in [5, 5.41) is 0. The maximum absolute atomic E-state index is 12.9. The average molecular weight is 360 g/mol. The van der Waals surface area contributed by atoms with Gasteiger partial charge in [0.2, 0.25) is 0 Å². The van der Waals surface area contributed by atoms with Crippen LogP contribution in [-0.4, -0.2) is 31.5 Å². The normalized spacial score (nSPS) is 23.8. The fourth-order valence-corrected chi connectivity index (χ4v) is 5.76. The minimum atomic E-state index is -2.91. The molecular formula is C20H24O4S. The molecule has 5 heteroatoms. The van der Waals surface area contributed by atoms with Crippen molar-refractivity contribution in [2.24, 2.45) is 5.92 Å². The molecule has 1 aliphatic heterocycles. The van der Waals surface area contributed by atoms with E-state index in [-0.39, 0.29) is 29.0 Å². The molecule has 1 fully saturated rings. The van der Waals surface area contributed by atoms with Crippen LogP contribution in [-0.2, 0) is 19.4 Å². The van der Waals surface area contributed by atoms with Crippen LogP contribution in [0.2, 0.25) is 0 Å². The molecule has 1 unspecified atom stereocenters. The number of ketones is 2. The van der Waals surface area contributed by atoms with E-state index in [2.05, 4.69) is 0 Å². The van der Waals surface area contributed by atoms with Crippen molar-refractivity contribution < 1.29 is 18.0 Å². The van der Waals surface area contributed by atoms with E-state index >= 15 is 0 Å². The van der Waals surface area contributed by atoms with Crippen LogP contribution in [0.15, 0.2) is 23.8 Å². The Kier molecular flexibility index (Phi) is 4.71. The van der Waals surface area contributed by atoms with E-state index in [0.29, 0.717) is 24.8 Å². The Labute approximate surface area is 149 Å². The van der Waals surface area contributed by atoms with E-state index < -0.39 is 15.8 Å². The molecule has 25 heavy (non-hydrogen) atoms. The van der Waals surface area contributed by atoms with E-state index in [1.165, 1.54) is 6.08 Å². The van der Waals surface area contributed by atoms with Gasteiger partial charge in [-0.15, -0.1) is 0 Å². The summed E-state index contributed by atoms with van der Waals surface area (Å²) in [5.41, 5.74) is 4.47. The SMILES string of the molecule is Cc1cc(C)c(C2C(=O)C=C(CC3CCS(=O)(=O)CC3)C2=O)c(C)c1. The largest absolute Gasteiger partial charge is 0.294 e. The monoisotopic (exact) mass is 360 g/mol. The fourth-order valence-electron chi connectivity index (χ4n) is 4.17. The third-order valence-electron chi connectivity index (χ3n) is 5.39. The second-order valence-electron chi connectivity index (χ2n) is 7.48. The number of sulfone groups is 1. The lowest BCUT2D eigenvalue weighted by molar-refractivity contribution is -0.123. The van der Waals surface area contributed by atoms with Gasteiger partial charge in [0.1, 0.15) is 15.8 Å². The third-order valence-corrected chi connectivity index (χ3v) is 7.10. The van der Waals surface area contributed by atoms with Crippen LogP contribution in [0.4, 0.5) is 0 Å². The van der Waals surface area contributed by atoms with E-state index in [1.807, 2.05) is 32.9 Å². The van der Waals surface area contributed by atoms with Gasteiger partial charge in [-0.3, -0.25) is 9.59 Å². The van der Waals surface area contributed by atoms with Gasteiger partial charge >= 0.3 is 0 Å². The highest BCUT2D eigenvalue weighted by Crippen LogP contribution is 2.36. The highest BCUT2D eigenvalue weighted by Gasteiger charge is 2.38. The molecule has 0 amide bonds. The zero-order valence-electron chi connectivity index (χ0n) is 15.0. The van der Waals surface area contributed by atoms with Crippen molar-refractivity contribution in [2.45, 2.75) is 46.0 Å². The van der Waals surface area contributed by atoms with Gasteiger partial charge < -0.3 is 0 Å². The van der Waals surface area contributed by atoms with Gasteiger partial charge in [-0.05, 0) is 68.7 Å². The first-order valence-corrected chi connectivity index (χ1v) is 10.6. The first-order valence-electron chi connectivity index (χ1n) is 8.75. The number of carbonyl (C=O) groups excluding carboxylic acids is 2. The standard InChI is InChI=1S/C20H24O4S/c1-12-8-13(2)18(14(3)9-12)19-17(21)11-16(20(19)22)10-15-4-6-25(23,24)7-5-15/h8-9,11,15,19H,4-7,10H2,1-3H3. The topological polar surface area (TPSA) is 68.3 Å². The zero-order chi connectivity index (χ0) is 18.4. The predicted molar refractivity (Wildman–Crippen MR) is 97.5 cm³/mol. The lowest BCUT2D eigenvalue weighted by Gasteiger charge is -2.22. The number of allylic oxidation sites excluding steroid dienone is 2. The molecule has 1 saturated heterocycles. The summed E-state index contributed by atoms with van der Waals surface area (Å²) in [6.45, 7) is 5.89. The molecule has 0 spiro atoms. The minimum Gasteiger partial charge on any atom is -0.294 e. The lowest BCUT2D eigenvalue weighted by Crippen LogP contribution is -2.24. The predicted octanol–water partition coefficient (Wildman–Crippen LogP) is 2.99. The molecule has 1 aromatic rings. The minimum absolute atomic E-state index is 0.103. The van der Waals surface area contributed by atoms with Crippen LogP contribution in [0.1, 0.15) is 47.4 Å². The van der Waals surface area contributed by atoms with Crippen LogP contribution in [0.5, 0.6) is 0 Å². The number of hydrogen-bond acceptors (Lipinski definition) is 4. The first kappa shape index (κ1) is 18.1. The Balaban J connectivity index is 1.80. The highest BCUT2D eigenvalue weighted by atomic mass is 32.2. The van der Waals surface area contributed by atoms with Crippen molar-refractivity contribution >= 4 is 21.4 Å². The van der Waals surface area contributed by atoms with Gasteiger partial charge in [0.05, 0.1) is 11.5 Å². The quantitative estimate of drug-likeness (QED) is 0.777. The molecule has 0 bridgehead atoms. The second-order valence-corrected chi connectivity index (χ2v) is 9.78. The smallest absolute Gasteiger partial charge is 0.174 e. The summed E-state index contributed by atoms with van der Waals surface area (Å²) in [4.78, 5) is 25.4. The molecule has 0 aromatic heterocycles. The summed E-state index contributed by atoms with van der Waals surface area (Å²) in [6, 6.07) is 4.01. The number of hydrogen-bond donors (Lipinski definition) is 0. The Bertz CT molecular complexity index is 840. The number of rotatable bonds is 3. The molecule has 0 N–H and O–H groups in total. The van der Waals surface area contributed by atoms with Crippen molar-refractivity contribution in [1.29, 1.82) is 0 Å². The molecule has 2 aliphatic rings. The zero-order valence-corrected chi connectivity index (χ0v) is 15.8. The Morgan fingerprint density at radius 1 is 1.00 bits per heavy atom. The average Bonchev–Trinajstić information content (AvgIpc) is 2.76. The lowest BCUT2D eigenvalue weighted by atomic mass is 9.84. The first-order chi connectivity index (χ1) is 11.7.